The Balaban J connectivity index is 4.03. The molecular formula is C10H22N2O8. The van der Waals surface area contributed by atoms with Crippen molar-refractivity contribution in [3.63, 3.8) is 0 Å². The van der Waals surface area contributed by atoms with Crippen LogP contribution in [0.5, 0.6) is 0 Å². The van der Waals surface area contributed by atoms with Gasteiger partial charge in [-0.25, -0.2) is 9.68 Å². The summed E-state index contributed by atoms with van der Waals surface area (Å²) in [5.74, 6) is -0.395. The Morgan fingerprint density at radius 2 is 1.75 bits per heavy atom. The average molecular weight is 298 g/mol. The average Bonchev–Trinajstić information content (AvgIpc) is 2.22. The zero-order chi connectivity index (χ0) is 15.8. The second-order valence-electron chi connectivity index (χ2n) is 5.01. The molecule has 0 saturated carbocycles. The van der Waals surface area contributed by atoms with Gasteiger partial charge >= 0.3 is 5.97 Å². The summed E-state index contributed by atoms with van der Waals surface area (Å²) in [6.07, 6.45) is -0.261. The molecule has 0 bridgehead atoms. The molecule has 0 heterocycles. The summed E-state index contributed by atoms with van der Waals surface area (Å²) >= 11 is 0. The molecule has 0 aliphatic carbocycles. The molecule has 0 fully saturated rings. The minimum atomic E-state index is -0.894. The fourth-order valence-electron chi connectivity index (χ4n) is 1.32. The lowest BCUT2D eigenvalue weighted by atomic mass is 10.1. The Labute approximate surface area is 116 Å². The molecule has 0 saturated heterocycles. The molecule has 0 aromatic rings. The number of hydrogen-bond acceptors (Lipinski definition) is 10. The van der Waals surface area contributed by atoms with Crippen LogP contribution in [0.3, 0.4) is 0 Å². The van der Waals surface area contributed by atoms with E-state index in [0.29, 0.717) is 6.42 Å². The molecule has 0 rings (SSSR count). The number of rotatable bonds is 9. The van der Waals surface area contributed by atoms with Crippen LogP contribution in [-0.2, 0) is 19.2 Å². The fraction of sp³-hybridized carbons (Fsp3) is 0.900. The first-order valence-corrected chi connectivity index (χ1v) is 5.97. The number of ether oxygens (including phenoxy) is 1. The molecule has 20 heavy (non-hydrogen) atoms. The maximum absolute atomic E-state index is 11.4. The second kappa shape index (κ2) is 9.15. The van der Waals surface area contributed by atoms with Crippen molar-refractivity contribution in [1.29, 1.82) is 0 Å². The van der Waals surface area contributed by atoms with Crippen LogP contribution in [0.15, 0.2) is 0 Å². The third-order valence-corrected chi connectivity index (χ3v) is 1.95. The predicted molar refractivity (Wildman–Crippen MR) is 61.3 cm³/mol. The van der Waals surface area contributed by atoms with Crippen LogP contribution in [-0.4, -0.2) is 55.9 Å². The molecular weight excluding hydrogens is 276 g/mol. The lowest BCUT2D eigenvalue weighted by molar-refractivity contribution is -0.527. The van der Waals surface area contributed by atoms with Crippen molar-refractivity contribution in [3.8, 4) is 0 Å². The van der Waals surface area contributed by atoms with E-state index in [1.165, 1.54) is 0 Å². The van der Waals surface area contributed by atoms with E-state index in [9.17, 15) is 4.79 Å². The Hall–Kier alpha value is -0.850. The van der Waals surface area contributed by atoms with Crippen molar-refractivity contribution >= 4 is 5.97 Å². The summed E-state index contributed by atoms with van der Waals surface area (Å²) < 4.78 is 5.09. The minimum Gasteiger partial charge on any atom is -0.460 e. The molecule has 0 unspecified atom stereocenters. The smallest absolute Gasteiger partial charge is 0.306 e. The number of esters is 1. The van der Waals surface area contributed by atoms with Gasteiger partial charge in [0.25, 0.3) is 0 Å². The Bertz CT molecular complexity index is 279. The number of carbonyl (C=O) groups is 1. The number of carbonyl (C=O) groups excluding carboxylic acids is 1. The molecule has 10 nitrogen and oxygen atoms in total. The van der Waals surface area contributed by atoms with Gasteiger partial charge in [-0.2, -0.15) is 0 Å². The van der Waals surface area contributed by atoms with Crippen molar-refractivity contribution in [2.75, 3.05) is 6.61 Å². The highest BCUT2D eigenvalue weighted by molar-refractivity contribution is 5.69. The van der Waals surface area contributed by atoms with Crippen molar-refractivity contribution in [3.05, 3.63) is 0 Å². The zero-order valence-corrected chi connectivity index (χ0v) is 11.7. The van der Waals surface area contributed by atoms with Gasteiger partial charge in [-0.05, 0) is 33.6 Å². The van der Waals surface area contributed by atoms with E-state index >= 15 is 0 Å². The van der Waals surface area contributed by atoms with Crippen LogP contribution in [0.1, 0.15) is 40.0 Å². The molecule has 0 amide bonds. The van der Waals surface area contributed by atoms with Crippen molar-refractivity contribution in [1.82, 2.24) is 10.8 Å². The van der Waals surface area contributed by atoms with Crippen LogP contribution in [0.4, 0.5) is 0 Å². The van der Waals surface area contributed by atoms with Crippen LogP contribution < -0.4 is 0 Å². The van der Waals surface area contributed by atoms with Gasteiger partial charge in [-0.15, -0.1) is 0 Å². The third-order valence-electron chi connectivity index (χ3n) is 1.95. The first kappa shape index (κ1) is 19.1. The van der Waals surface area contributed by atoms with Gasteiger partial charge in [-0.3, -0.25) is 25.6 Å². The largest absolute Gasteiger partial charge is 0.460 e. The third kappa shape index (κ3) is 12.2. The van der Waals surface area contributed by atoms with E-state index in [0.717, 1.165) is 0 Å². The van der Waals surface area contributed by atoms with E-state index in [4.69, 9.17) is 25.6 Å². The Morgan fingerprint density at radius 1 is 1.15 bits per heavy atom. The number of hydrogen-bond donors (Lipinski definition) is 4. The maximum atomic E-state index is 11.4. The molecule has 0 aromatic carbocycles. The second-order valence-corrected chi connectivity index (χ2v) is 5.01. The molecule has 0 aliphatic rings. The lowest BCUT2D eigenvalue weighted by Gasteiger charge is -2.21. The lowest BCUT2D eigenvalue weighted by Crippen LogP contribution is -2.31. The van der Waals surface area contributed by atoms with Gasteiger partial charge in [0, 0.05) is 6.42 Å². The van der Waals surface area contributed by atoms with Gasteiger partial charge in [0.2, 0.25) is 0 Å². The Kier molecular flexibility index (Phi) is 8.76. The van der Waals surface area contributed by atoms with E-state index < -0.39 is 28.5 Å². The van der Waals surface area contributed by atoms with Gasteiger partial charge in [0.15, 0.2) is 0 Å². The molecule has 0 aliphatic heterocycles. The summed E-state index contributed by atoms with van der Waals surface area (Å²) in [6.45, 7) is 4.88. The highest BCUT2D eigenvalue weighted by atomic mass is 17.1. The van der Waals surface area contributed by atoms with E-state index in [1.54, 1.807) is 20.8 Å². The van der Waals surface area contributed by atoms with Crippen LogP contribution in [0.2, 0.25) is 0 Å². The first-order valence-electron chi connectivity index (χ1n) is 5.97. The standard InChI is InChI=1S/C10H22N2O8/c1-10(2,3)19-9(13)6-4-5-8(20-12(16)17)7-18-11(14)15/h8,14-17H,4-7H2,1-3H3/t8-/m0/s1. The van der Waals surface area contributed by atoms with E-state index in [1.807, 2.05) is 0 Å². The molecule has 0 radical (unpaired) electrons. The summed E-state index contributed by atoms with van der Waals surface area (Å²) in [6, 6.07) is 0. The van der Waals surface area contributed by atoms with Crippen molar-refractivity contribution < 1.29 is 40.0 Å². The fourth-order valence-corrected chi connectivity index (χ4v) is 1.32. The van der Waals surface area contributed by atoms with E-state index in [-0.39, 0.29) is 19.4 Å². The molecule has 0 spiro atoms. The van der Waals surface area contributed by atoms with E-state index in [2.05, 4.69) is 9.68 Å². The van der Waals surface area contributed by atoms with Gasteiger partial charge < -0.3 is 4.74 Å². The molecule has 120 valence electrons. The van der Waals surface area contributed by atoms with Crippen LogP contribution >= 0.6 is 0 Å². The van der Waals surface area contributed by atoms with Crippen LogP contribution in [0.25, 0.3) is 0 Å². The highest BCUT2D eigenvalue weighted by Gasteiger charge is 2.18. The summed E-state index contributed by atoms with van der Waals surface area (Å²) in [5, 5.41) is 32.8. The van der Waals surface area contributed by atoms with Crippen LogP contribution in [0, 0.1) is 0 Å². The normalized spacial score (nSPS) is 13.8. The molecule has 1 atom stereocenters. The quantitative estimate of drug-likeness (QED) is 0.359. The number of nitrogens with zero attached hydrogens (tertiary/aromatic N) is 2. The molecule has 0 aromatic heterocycles. The Morgan fingerprint density at radius 3 is 2.20 bits per heavy atom. The maximum Gasteiger partial charge on any atom is 0.306 e. The summed E-state index contributed by atoms with van der Waals surface area (Å²) in [4.78, 5) is 20.2. The summed E-state index contributed by atoms with van der Waals surface area (Å²) in [5.41, 5.74) is -0.572. The van der Waals surface area contributed by atoms with Gasteiger partial charge in [0.1, 0.15) is 18.3 Å². The molecule has 4 N–H and O–H groups in total. The predicted octanol–water partition coefficient (Wildman–Crippen LogP) is 0.891. The minimum absolute atomic E-state index is 0.107. The monoisotopic (exact) mass is 298 g/mol. The summed E-state index contributed by atoms with van der Waals surface area (Å²) in [7, 11) is 0. The van der Waals surface area contributed by atoms with Gasteiger partial charge in [0.05, 0.1) is 10.8 Å². The SMILES string of the molecule is CC(C)(C)OC(=O)CCC[C@@H](CON(O)O)ON(O)O. The molecule has 10 heteroatoms. The van der Waals surface area contributed by atoms with Gasteiger partial charge in [-0.1, -0.05) is 0 Å². The van der Waals surface area contributed by atoms with Crippen molar-refractivity contribution in [2.24, 2.45) is 0 Å². The first-order chi connectivity index (χ1) is 9.10. The zero-order valence-electron chi connectivity index (χ0n) is 11.7. The van der Waals surface area contributed by atoms with Crippen molar-refractivity contribution in [2.45, 2.75) is 51.7 Å². The highest BCUT2D eigenvalue weighted by Crippen LogP contribution is 2.12. The topological polar surface area (TPSA) is 132 Å².